The van der Waals surface area contributed by atoms with Crippen molar-refractivity contribution < 1.29 is 14.3 Å². The van der Waals surface area contributed by atoms with E-state index in [0.29, 0.717) is 5.75 Å². The van der Waals surface area contributed by atoms with Gasteiger partial charge in [0.2, 0.25) is 0 Å². The molecule has 31 heavy (non-hydrogen) atoms. The second kappa shape index (κ2) is 9.13. The Morgan fingerprint density at radius 3 is 2.77 bits per heavy atom. The van der Waals surface area contributed by atoms with E-state index in [-0.39, 0.29) is 12.5 Å². The number of carbonyl (C=O) groups is 1. The van der Waals surface area contributed by atoms with Crippen LogP contribution in [-0.2, 0) is 4.79 Å². The van der Waals surface area contributed by atoms with Gasteiger partial charge in [0.25, 0.3) is 5.91 Å². The average Bonchev–Trinajstić information content (AvgIpc) is 3.18. The lowest BCUT2D eigenvalue weighted by Gasteiger charge is -2.07. The zero-order valence-electron chi connectivity index (χ0n) is 17.3. The fourth-order valence-electron chi connectivity index (χ4n) is 3.24. The van der Waals surface area contributed by atoms with Crippen molar-refractivity contribution in [3.63, 3.8) is 0 Å². The van der Waals surface area contributed by atoms with Crippen molar-refractivity contribution in [2.75, 3.05) is 13.7 Å². The molecular formula is C24H22N4O3. The van der Waals surface area contributed by atoms with Crippen LogP contribution in [-0.4, -0.2) is 35.4 Å². The van der Waals surface area contributed by atoms with Crippen LogP contribution >= 0.6 is 0 Å². The minimum Gasteiger partial charge on any atom is -0.497 e. The lowest BCUT2D eigenvalue weighted by Crippen LogP contribution is -2.24. The highest BCUT2D eigenvalue weighted by molar-refractivity contribution is 5.85. The lowest BCUT2D eigenvalue weighted by molar-refractivity contribution is -0.123. The van der Waals surface area contributed by atoms with E-state index < -0.39 is 0 Å². The Hall–Kier alpha value is -4.13. The number of benzene rings is 2. The van der Waals surface area contributed by atoms with E-state index in [1.165, 1.54) is 0 Å². The van der Waals surface area contributed by atoms with E-state index in [2.05, 4.69) is 15.5 Å². The fraction of sp³-hybridized carbons (Fsp3) is 0.125. The number of aromatic nitrogens is 2. The van der Waals surface area contributed by atoms with E-state index >= 15 is 0 Å². The van der Waals surface area contributed by atoms with E-state index in [1.54, 1.807) is 25.6 Å². The fourth-order valence-corrected chi connectivity index (χ4v) is 3.24. The maximum Gasteiger partial charge on any atom is 0.277 e. The number of amides is 1. The number of nitrogens with one attached hydrogen (secondary N) is 1. The molecule has 0 aliphatic rings. The number of para-hydroxylation sites is 1. The number of ether oxygens (including phenoxy) is 2. The zero-order chi connectivity index (χ0) is 21.6. The monoisotopic (exact) mass is 414 g/mol. The molecule has 0 saturated carbocycles. The lowest BCUT2D eigenvalue weighted by atomic mass is 10.2. The molecule has 0 aliphatic carbocycles. The van der Waals surface area contributed by atoms with Gasteiger partial charge >= 0.3 is 0 Å². The van der Waals surface area contributed by atoms with Crippen LogP contribution in [0, 0.1) is 6.92 Å². The average molecular weight is 414 g/mol. The summed E-state index contributed by atoms with van der Waals surface area (Å²) in [5.41, 5.74) is 6.14. The Kier molecular flexibility index (Phi) is 5.93. The molecule has 1 amide bonds. The van der Waals surface area contributed by atoms with Crippen molar-refractivity contribution in [3.05, 3.63) is 84.3 Å². The first kappa shape index (κ1) is 20.2. The largest absolute Gasteiger partial charge is 0.497 e. The first-order chi connectivity index (χ1) is 15.1. The molecule has 2 aromatic carbocycles. The number of fused-ring (bicyclic) bond motifs is 1. The molecule has 0 radical (unpaired) electrons. The number of carbonyl (C=O) groups excluding carboxylic acids is 1. The third-order valence-corrected chi connectivity index (χ3v) is 4.74. The number of pyridine rings is 1. The molecule has 4 aromatic rings. The Bertz CT molecular complexity index is 1220. The predicted octanol–water partition coefficient (Wildman–Crippen LogP) is 3.87. The highest BCUT2D eigenvalue weighted by Gasteiger charge is 2.07. The van der Waals surface area contributed by atoms with Crippen LogP contribution in [0.3, 0.4) is 0 Å². The van der Waals surface area contributed by atoms with E-state index in [4.69, 9.17) is 9.47 Å². The molecule has 0 unspecified atom stereocenters. The second-order valence-electron chi connectivity index (χ2n) is 6.90. The topological polar surface area (TPSA) is 77.7 Å². The third-order valence-electron chi connectivity index (χ3n) is 4.74. The quantitative estimate of drug-likeness (QED) is 0.368. The SMILES string of the molecule is COc1ccc(-n2cc(/C=N\NC(=O)COc3cccc4cccnc34)cc2C)cc1. The molecule has 1 N–H and O–H groups in total. The summed E-state index contributed by atoms with van der Waals surface area (Å²) in [5, 5.41) is 4.99. The van der Waals surface area contributed by atoms with Gasteiger partial charge in [-0.15, -0.1) is 0 Å². The first-order valence-electron chi connectivity index (χ1n) is 9.76. The van der Waals surface area contributed by atoms with Crippen LogP contribution in [0.2, 0.25) is 0 Å². The van der Waals surface area contributed by atoms with Crippen molar-refractivity contribution in [2.45, 2.75) is 6.92 Å². The molecule has 0 spiro atoms. The molecule has 2 aromatic heterocycles. The van der Waals surface area contributed by atoms with Gasteiger partial charge in [-0.1, -0.05) is 18.2 Å². The van der Waals surface area contributed by atoms with Crippen molar-refractivity contribution in [1.82, 2.24) is 15.0 Å². The number of hydrogen-bond donors (Lipinski definition) is 1. The molecule has 156 valence electrons. The Labute approximate surface area is 179 Å². The van der Waals surface area contributed by atoms with Gasteiger partial charge in [0.05, 0.1) is 13.3 Å². The smallest absolute Gasteiger partial charge is 0.277 e. The van der Waals surface area contributed by atoms with Crippen LogP contribution < -0.4 is 14.9 Å². The number of aryl methyl sites for hydroxylation is 1. The molecular weight excluding hydrogens is 392 g/mol. The van der Waals surface area contributed by atoms with E-state index in [0.717, 1.165) is 33.6 Å². The van der Waals surface area contributed by atoms with Crippen molar-refractivity contribution in [3.8, 4) is 17.2 Å². The van der Waals surface area contributed by atoms with Gasteiger partial charge in [-0.25, -0.2) is 5.43 Å². The molecule has 7 heteroatoms. The van der Waals surface area contributed by atoms with Crippen LogP contribution in [0.25, 0.3) is 16.6 Å². The van der Waals surface area contributed by atoms with Crippen LogP contribution in [0.5, 0.6) is 11.5 Å². The molecule has 4 rings (SSSR count). The summed E-state index contributed by atoms with van der Waals surface area (Å²) >= 11 is 0. The maximum atomic E-state index is 12.1. The molecule has 0 atom stereocenters. The number of methoxy groups -OCH3 is 1. The summed E-state index contributed by atoms with van der Waals surface area (Å²) < 4.78 is 12.9. The summed E-state index contributed by atoms with van der Waals surface area (Å²) in [4.78, 5) is 16.4. The maximum absolute atomic E-state index is 12.1. The molecule has 0 bridgehead atoms. The third kappa shape index (κ3) is 4.72. The number of hydrazone groups is 1. The Morgan fingerprint density at radius 1 is 1.16 bits per heavy atom. The van der Waals surface area contributed by atoms with Crippen molar-refractivity contribution >= 4 is 23.0 Å². The minimum atomic E-state index is -0.351. The van der Waals surface area contributed by atoms with Gasteiger partial charge in [-0.2, -0.15) is 5.10 Å². The zero-order valence-corrected chi connectivity index (χ0v) is 17.3. The van der Waals surface area contributed by atoms with Crippen LogP contribution in [0.15, 0.2) is 78.2 Å². The summed E-state index contributed by atoms with van der Waals surface area (Å²) in [5.74, 6) is 1.01. The van der Waals surface area contributed by atoms with Gasteiger partial charge in [0.15, 0.2) is 6.61 Å². The standard InChI is InChI=1S/C24H22N4O3/c1-17-13-18(15-28(17)20-8-10-21(30-2)11-9-20)14-26-27-23(29)16-31-22-7-3-5-19-6-4-12-25-24(19)22/h3-15H,16H2,1-2H3,(H,27,29)/b26-14-. The summed E-state index contributed by atoms with van der Waals surface area (Å²) in [7, 11) is 1.64. The molecule has 0 saturated heterocycles. The number of rotatable bonds is 7. The molecule has 0 fully saturated rings. The normalized spacial score (nSPS) is 11.0. The van der Waals surface area contributed by atoms with Crippen LogP contribution in [0.4, 0.5) is 0 Å². The van der Waals surface area contributed by atoms with Gasteiger partial charge in [-0.3, -0.25) is 9.78 Å². The van der Waals surface area contributed by atoms with Gasteiger partial charge in [0, 0.05) is 34.7 Å². The Balaban J connectivity index is 1.35. The van der Waals surface area contributed by atoms with E-state index in [9.17, 15) is 4.79 Å². The van der Waals surface area contributed by atoms with Crippen molar-refractivity contribution in [2.24, 2.45) is 5.10 Å². The Morgan fingerprint density at radius 2 is 1.97 bits per heavy atom. The highest BCUT2D eigenvalue weighted by Crippen LogP contribution is 2.22. The summed E-state index contributed by atoms with van der Waals surface area (Å²) in [6.07, 6.45) is 5.25. The van der Waals surface area contributed by atoms with Crippen LogP contribution in [0.1, 0.15) is 11.3 Å². The van der Waals surface area contributed by atoms with Crippen molar-refractivity contribution in [1.29, 1.82) is 0 Å². The minimum absolute atomic E-state index is 0.154. The predicted molar refractivity (Wildman–Crippen MR) is 120 cm³/mol. The number of hydrogen-bond acceptors (Lipinski definition) is 5. The summed E-state index contributed by atoms with van der Waals surface area (Å²) in [6, 6.07) is 19.2. The molecule has 2 heterocycles. The molecule has 0 aliphatic heterocycles. The van der Waals surface area contributed by atoms with E-state index in [1.807, 2.05) is 72.3 Å². The second-order valence-corrected chi connectivity index (χ2v) is 6.90. The van der Waals surface area contributed by atoms with Gasteiger partial charge in [0.1, 0.15) is 17.0 Å². The first-order valence-corrected chi connectivity index (χ1v) is 9.76. The molecule has 7 nitrogen and oxygen atoms in total. The van der Waals surface area contributed by atoms with Gasteiger partial charge in [-0.05, 0) is 49.4 Å². The number of nitrogens with zero attached hydrogens (tertiary/aromatic N) is 3. The van der Waals surface area contributed by atoms with Gasteiger partial charge < -0.3 is 14.0 Å². The summed E-state index contributed by atoms with van der Waals surface area (Å²) in [6.45, 7) is 1.85. The highest BCUT2D eigenvalue weighted by atomic mass is 16.5.